The summed E-state index contributed by atoms with van der Waals surface area (Å²) < 4.78 is 0. The first kappa shape index (κ1) is 16.0. The Labute approximate surface area is 128 Å². The number of aryl methyl sites for hydroxylation is 1. The first-order chi connectivity index (χ1) is 10.1. The van der Waals surface area contributed by atoms with Gasteiger partial charge in [0.25, 0.3) is 0 Å². The van der Waals surface area contributed by atoms with Crippen molar-refractivity contribution in [3.05, 3.63) is 35.4 Å². The highest BCUT2D eigenvalue weighted by atomic mass is 16.1. The number of hydrogen-bond donors (Lipinski definition) is 2. The van der Waals surface area contributed by atoms with Crippen molar-refractivity contribution in [2.45, 2.75) is 64.5 Å². The van der Waals surface area contributed by atoms with E-state index in [0.717, 1.165) is 38.5 Å². The zero-order valence-electron chi connectivity index (χ0n) is 13.3. The second-order valence-corrected chi connectivity index (χ2v) is 6.53. The Morgan fingerprint density at radius 3 is 2.71 bits per heavy atom. The Balaban J connectivity index is 1.78. The molecule has 0 saturated carbocycles. The lowest BCUT2D eigenvalue weighted by Crippen LogP contribution is -2.41. The van der Waals surface area contributed by atoms with Crippen LogP contribution in [-0.4, -0.2) is 18.0 Å². The standard InChI is InChI=1S/C18H28N2O/c1-13(6-5-7-14(2)19)18(21)20-17-11-10-15-8-3-4-9-16(15)12-17/h3-4,8-9,13-14,17H,5-7,10-12,19H2,1-2H3,(H,20,21). The molecule has 1 aromatic carbocycles. The average molecular weight is 288 g/mol. The Morgan fingerprint density at radius 2 is 2.00 bits per heavy atom. The van der Waals surface area contributed by atoms with Gasteiger partial charge in [-0.2, -0.15) is 0 Å². The number of benzene rings is 1. The van der Waals surface area contributed by atoms with E-state index in [0.29, 0.717) is 6.04 Å². The van der Waals surface area contributed by atoms with E-state index in [4.69, 9.17) is 5.73 Å². The number of nitrogens with one attached hydrogen (secondary N) is 1. The molecule has 0 saturated heterocycles. The molecule has 0 heterocycles. The van der Waals surface area contributed by atoms with Gasteiger partial charge in [0.15, 0.2) is 0 Å². The minimum atomic E-state index is 0.0842. The van der Waals surface area contributed by atoms with E-state index in [1.165, 1.54) is 11.1 Å². The third-order valence-corrected chi connectivity index (χ3v) is 4.44. The van der Waals surface area contributed by atoms with Gasteiger partial charge in [0.05, 0.1) is 0 Å². The van der Waals surface area contributed by atoms with Crippen LogP contribution in [0.15, 0.2) is 24.3 Å². The van der Waals surface area contributed by atoms with Crippen molar-refractivity contribution in [3.63, 3.8) is 0 Å². The van der Waals surface area contributed by atoms with E-state index >= 15 is 0 Å². The van der Waals surface area contributed by atoms with E-state index < -0.39 is 0 Å². The quantitative estimate of drug-likeness (QED) is 0.845. The van der Waals surface area contributed by atoms with E-state index in [9.17, 15) is 4.79 Å². The second kappa shape index (κ2) is 7.60. The van der Waals surface area contributed by atoms with Gasteiger partial charge >= 0.3 is 0 Å². The van der Waals surface area contributed by atoms with Crippen molar-refractivity contribution >= 4 is 5.91 Å². The first-order valence-corrected chi connectivity index (χ1v) is 8.19. The molecule has 1 aliphatic carbocycles. The smallest absolute Gasteiger partial charge is 0.223 e. The van der Waals surface area contributed by atoms with Gasteiger partial charge in [0.1, 0.15) is 0 Å². The molecule has 0 radical (unpaired) electrons. The number of carbonyl (C=O) groups is 1. The number of rotatable bonds is 6. The molecule has 1 amide bonds. The fourth-order valence-electron chi connectivity index (χ4n) is 3.04. The highest BCUT2D eigenvalue weighted by Crippen LogP contribution is 2.21. The predicted octanol–water partition coefficient (Wildman–Crippen LogP) is 2.81. The first-order valence-electron chi connectivity index (χ1n) is 8.19. The van der Waals surface area contributed by atoms with Crippen molar-refractivity contribution in [2.75, 3.05) is 0 Å². The fraction of sp³-hybridized carbons (Fsp3) is 0.611. The van der Waals surface area contributed by atoms with Crippen LogP contribution in [0.25, 0.3) is 0 Å². The van der Waals surface area contributed by atoms with E-state index in [1.54, 1.807) is 0 Å². The van der Waals surface area contributed by atoms with Gasteiger partial charge in [-0.3, -0.25) is 4.79 Å². The number of amides is 1. The topological polar surface area (TPSA) is 55.1 Å². The molecule has 21 heavy (non-hydrogen) atoms. The molecule has 1 aromatic rings. The molecule has 1 aliphatic rings. The maximum Gasteiger partial charge on any atom is 0.223 e. The van der Waals surface area contributed by atoms with Crippen molar-refractivity contribution < 1.29 is 4.79 Å². The Kier molecular flexibility index (Phi) is 5.80. The zero-order valence-corrected chi connectivity index (χ0v) is 13.3. The van der Waals surface area contributed by atoms with Gasteiger partial charge in [-0.15, -0.1) is 0 Å². The largest absolute Gasteiger partial charge is 0.353 e. The maximum absolute atomic E-state index is 12.3. The summed E-state index contributed by atoms with van der Waals surface area (Å²) >= 11 is 0. The summed E-state index contributed by atoms with van der Waals surface area (Å²) in [6, 6.07) is 9.08. The van der Waals surface area contributed by atoms with Crippen LogP contribution in [0, 0.1) is 5.92 Å². The Morgan fingerprint density at radius 1 is 1.29 bits per heavy atom. The molecule has 0 aliphatic heterocycles. The van der Waals surface area contributed by atoms with Crippen molar-refractivity contribution in [2.24, 2.45) is 11.7 Å². The van der Waals surface area contributed by atoms with Crippen LogP contribution in [0.4, 0.5) is 0 Å². The highest BCUT2D eigenvalue weighted by Gasteiger charge is 2.22. The third-order valence-electron chi connectivity index (χ3n) is 4.44. The SMILES string of the molecule is CC(N)CCCC(C)C(=O)NC1CCc2ccccc2C1. The van der Waals surface area contributed by atoms with E-state index in [-0.39, 0.29) is 17.9 Å². The lowest BCUT2D eigenvalue weighted by atomic mass is 9.88. The number of nitrogens with two attached hydrogens (primary N) is 1. The van der Waals surface area contributed by atoms with Crippen LogP contribution in [0.2, 0.25) is 0 Å². The summed E-state index contributed by atoms with van der Waals surface area (Å²) in [5.74, 6) is 0.282. The van der Waals surface area contributed by atoms with Gasteiger partial charge in [0.2, 0.25) is 5.91 Å². The normalized spacial score (nSPS) is 20.4. The molecule has 0 aromatic heterocycles. The molecule has 3 nitrogen and oxygen atoms in total. The maximum atomic E-state index is 12.3. The lowest BCUT2D eigenvalue weighted by Gasteiger charge is -2.26. The van der Waals surface area contributed by atoms with Crippen LogP contribution in [-0.2, 0) is 17.6 Å². The van der Waals surface area contributed by atoms with Gasteiger partial charge in [-0.1, -0.05) is 37.6 Å². The monoisotopic (exact) mass is 288 g/mol. The number of hydrogen-bond acceptors (Lipinski definition) is 2. The van der Waals surface area contributed by atoms with Crippen LogP contribution < -0.4 is 11.1 Å². The lowest BCUT2D eigenvalue weighted by molar-refractivity contribution is -0.125. The van der Waals surface area contributed by atoms with Gasteiger partial charge in [0, 0.05) is 18.0 Å². The number of fused-ring (bicyclic) bond motifs is 1. The van der Waals surface area contributed by atoms with Gasteiger partial charge in [-0.05, 0) is 50.2 Å². The van der Waals surface area contributed by atoms with Crippen LogP contribution >= 0.6 is 0 Å². The zero-order chi connectivity index (χ0) is 15.2. The third kappa shape index (κ3) is 4.85. The van der Waals surface area contributed by atoms with E-state index in [1.807, 2.05) is 13.8 Å². The summed E-state index contributed by atoms with van der Waals surface area (Å²) in [7, 11) is 0. The van der Waals surface area contributed by atoms with Crippen LogP contribution in [0.5, 0.6) is 0 Å². The number of carbonyl (C=O) groups excluding carboxylic acids is 1. The van der Waals surface area contributed by atoms with Crippen LogP contribution in [0.3, 0.4) is 0 Å². The molecule has 116 valence electrons. The van der Waals surface area contributed by atoms with Crippen molar-refractivity contribution in [1.82, 2.24) is 5.32 Å². The average Bonchev–Trinajstić information content (AvgIpc) is 2.46. The van der Waals surface area contributed by atoms with Crippen molar-refractivity contribution in [1.29, 1.82) is 0 Å². The van der Waals surface area contributed by atoms with Crippen molar-refractivity contribution in [3.8, 4) is 0 Å². The molecular weight excluding hydrogens is 260 g/mol. The summed E-state index contributed by atoms with van der Waals surface area (Å²) in [5, 5.41) is 3.23. The Hall–Kier alpha value is -1.35. The summed E-state index contributed by atoms with van der Waals surface area (Å²) in [6.45, 7) is 4.04. The second-order valence-electron chi connectivity index (χ2n) is 6.53. The van der Waals surface area contributed by atoms with E-state index in [2.05, 4.69) is 29.6 Å². The minimum Gasteiger partial charge on any atom is -0.353 e. The molecule has 3 N–H and O–H groups in total. The summed E-state index contributed by atoms with van der Waals surface area (Å²) in [5.41, 5.74) is 8.57. The van der Waals surface area contributed by atoms with Crippen LogP contribution in [0.1, 0.15) is 50.7 Å². The molecule has 0 bridgehead atoms. The molecule has 3 atom stereocenters. The Bertz CT molecular complexity index is 470. The molecule has 2 rings (SSSR count). The van der Waals surface area contributed by atoms with Gasteiger partial charge in [-0.25, -0.2) is 0 Å². The molecule has 0 spiro atoms. The highest BCUT2D eigenvalue weighted by molar-refractivity contribution is 5.78. The molecular formula is C18H28N2O. The predicted molar refractivity (Wildman–Crippen MR) is 87.1 cm³/mol. The van der Waals surface area contributed by atoms with Gasteiger partial charge < -0.3 is 11.1 Å². The molecule has 3 heteroatoms. The fourth-order valence-corrected chi connectivity index (χ4v) is 3.04. The summed E-state index contributed by atoms with van der Waals surface area (Å²) in [4.78, 5) is 12.3. The molecule has 3 unspecified atom stereocenters. The minimum absolute atomic E-state index is 0.0842. The molecule has 0 fully saturated rings. The summed E-state index contributed by atoms with van der Waals surface area (Å²) in [6.07, 6.45) is 6.04.